The Morgan fingerprint density at radius 1 is 1.27 bits per heavy atom. The predicted octanol–water partition coefficient (Wildman–Crippen LogP) is 3.04. The van der Waals surface area contributed by atoms with Crippen molar-refractivity contribution in [2.75, 3.05) is 30.3 Å². The van der Waals surface area contributed by atoms with Crippen molar-refractivity contribution < 1.29 is 9.53 Å². The molecule has 1 aromatic heterocycles. The molecule has 5 nitrogen and oxygen atoms in total. The maximum absolute atomic E-state index is 11.8. The number of hydrogen-bond donors (Lipinski definition) is 2. The lowest BCUT2D eigenvalue weighted by atomic mass is 10.1. The second kappa shape index (κ2) is 6.13. The molecule has 1 aliphatic heterocycles. The number of nitrogens with zero attached hydrogens (tertiary/aromatic N) is 1. The van der Waals surface area contributed by atoms with Crippen LogP contribution >= 0.6 is 0 Å². The Morgan fingerprint density at radius 2 is 1.95 bits per heavy atom. The van der Waals surface area contributed by atoms with Crippen molar-refractivity contribution in [2.45, 2.75) is 19.8 Å². The predicted molar refractivity (Wildman–Crippen MR) is 88.0 cm³/mol. The molecule has 3 rings (SSSR count). The van der Waals surface area contributed by atoms with Crippen LogP contribution in [0.4, 0.5) is 11.5 Å². The van der Waals surface area contributed by atoms with E-state index < -0.39 is 5.97 Å². The van der Waals surface area contributed by atoms with Gasteiger partial charge >= 0.3 is 5.97 Å². The molecule has 0 saturated carbocycles. The third-order valence-electron chi connectivity index (χ3n) is 3.99. The first-order valence-electron chi connectivity index (χ1n) is 7.70. The van der Waals surface area contributed by atoms with Gasteiger partial charge in [0, 0.05) is 24.5 Å². The SMILES string of the molecule is CCOC(=O)c1cc(-c2ccc(N3CCCC3)cc2)[nH]c1N. The smallest absolute Gasteiger partial charge is 0.341 e. The Kier molecular flexibility index (Phi) is 4.04. The highest BCUT2D eigenvalue weighted by Crippen LogP contribution is 2.27. The van der Waals surface area contributed by atoms with Crippen LogP contribution in [0.3, 0.4) is 0 Å². The maximum Gasteiger partial charge on any atom is 0.341 e. The lowest BCUT2D eigenvalue weighted by Crippen LogP contribution is -2.17. The van der Waals surface area contributed by atoms with E-state index in [4.69, 9.17) is 10.5 Å². The van der Waals surface area contributed by atoms with Crippen LogP contribution in [0.2, 0.25) is 0 Å². The van der Waals surface area contributed by atoms with Gasteiger partial charge in [0.25, 0.3) is 0 Å². The quantitative estimate of drug-likeness (QED) is 0.851. The first-order chi connectivity index (χ1) is 10.7. The van der Waals surface area contributed by atoms with Gasteiger partial charge in [-0.05, 0) is 43.5 Å². The van der Waals surface area contributed by atoms with Gasteiger partial charge in [0.15, 0.2) is 0 Å². The summed E-state index contributed by atoms with van der Waals surface area (Å²) in [5.74, 6) is -0.0479. The molecule has 0 amide bonds. The molecule has 0 atom stereocenters. The molecule has 0 spiro atoms. The Bertz CT molecular complexity index is 655. The molecule has 0 unspecified atom stereocenters. The normalized spacial score (nSPS) is 14.3. The number of nitrogen functional groups attached to an aromatic ring is 1. The van der Waals surface area contributed by atoms with Gasteiger partial charge in [0.05, 0.1) is 6.61 Å². The van der Waals surface area contributed by atoms with Crippen molar-refractivity contribution in [3.05, 3.63) is 35.9 Å². The summed E-state index contributed by atoms with van der Waals surface area (Å²) in [6.07, 6.45) is 2.52. The van der Waals surface area contributed by atoms with Crippen LogP contribution in [0.1, 0.15) is 30.1 Å². The van der Waals surface area contributed by atoms with E-state index in [-0.39, 0.29) is 0 Å². The van der Waals surface area contributed by atoms with Gasteiger partial charge in [-0.15, -0.1) is 0 Å². The van der Waals surface area contributed by atoms with E-state index in [0.29, 0.717) is 18.0 Å². The number of ether oxygens (including phenoxy) is 1. The number of esters is 1. The molecule has 0 bridgehead atoms. The van der Waals surface area contributed by atoms with E-state index >= 15 is 0 Å². The summed E-state index contributed by atoms with van der Waals surface area (Å²) in [6.45, 7) is 4.37. The lowest BCUT2D eigenvalue weighted by molar-refractivity contribution is 0.0528. The maximum atomic E-state index is 11.8. The topological polar surface area (TPSA) is 71.3 Å². The molecule has 22 heavy (non-hydrogen) atoms. The fraction of sp³-hybridized carbons (Fsp3) is 0.353. The molecule has 116 valence electrons. The summed E-state index contributed by atoms with van der Waals surface area (Å²) in [5, 5.41) is 0. The fourth-order valence-corrected chi connectivity index (χ4v) is 2.83. The molecule has 2 heterocycles. The van der Waals surface area contributed by atoms with Crippen LogP contribution in [0.5, 0.6) is 0 Å². The number of nitrogens with two attached hydrogens (primary N) is 1. The third kappa shape index (κ3) is 2.79. The van der Waals surface area contributed by atoms with Crippen LogP contribution in [0.15, 0.2) is 30.3 Å². The zero-order chi connectivity index (χ0) is 15.5. The Morgan fingerprint density at radius 3 is 2.59 bits per heavy atom. The first-order valence-corrected chi connectivity index (χ1v) is 7.70. The van der Waals surface area contributed by atoms with Gasteiger partial charge < -0.3 is 20.4 Å². The van der Waals surface area contributed by atoms with Crippen molar-refractivity contribution in [3.8, 4) is 11.3 Å². The number of carbonyl (C=O) groups is 1. The summed E-state index contributed by atoms with van der Waals surface area (Å²) in [5.41, 5.74) is 9.34. The molecular formula is C17H21N3O2. The van der Waals surface area contributed by atoms with E-state index in [0.717, 1.165) is 24.3 Å². The minimum atomic E-state index is -0.392. The van der Waals surface area contributed by atoms with Crippen LogP contribution in [-0.4, -0.2) is 30.6 Å². The Balaban J connectivity index is 1.82. The van der Waals surface area contributed by atoms with Gasteiger partial charge in [-0.25, -0.2) is 4.79 Å². The number of H-pyrrole nitrogens is 1. The molecular weight excluding hydrogens is 278 g/mol. The van der Waals surface area contributed by atoms with Crippen molar-refractivity contribution >= 4 is 17.5 Å². The summed E-state index contributed by atoms with van der Waals surface area (Å²) in [6, 6.07) is 10.1. The molecule has 0 radical (unpaired) electrons. The first kappa shape index (κ1) is 14.5. The molecule has 0 aliphatic carbocycles. The average Bonchev–Trinajstić information content (AvgIpc) is 3.17. The lowest BCUT2D eigenvalue weighted by Gasteiger charge is -2.17. The minimum absolute atomic E-state index is 0.337. The highest BCUT2D eigenvalue weighted by molar-refractivity contribution is 5.96. The third-order valence-corrected chi connectivity index (χ3v) is 3.99. The Hall–Kier alpha value is -2.43. The van der Waals surface area contributed by atoms with E-state index in [1.807, 2.05) is 12.1 Å². The number of hydrogen-bond acceptors (Lipinski definition) is 4. The van der Waals surface area contributed by atoms with Gasteiger partial charge in [-0.3, -0.25) is 0 Å². The van der Waals surface area contributed by atoms with Crippen LogP contribution in [0, 0.1) is 0 Å². The largest absolute Gasteiger partial charge is 0.462 e. The van der Waals surface area contributed by atoms with E-state index in [1.165, 1.54) is 18.5 Å². The van der Waals surface area contributed by atoms with Crippen LogP contribution < -0.4 is 10.6 Å². The van der Waals surface area contributed by atoms with Crippen molar-refractivity contribution in [2.24, 2.45) is 0 Å². The molecule has 1 fully saturated rings. The number of anilines is 2. The molecule has 1 aromatic carbocycles. The van der Waals surface area contributed by atoms with Gasteiger partial charge in [0.2, 0.25) is 0 Å². The van der Waals surface area contributed by atoms with Crippen molar-refractivity contribution in [3.63, 3.8) is 0 Å². The van der Waals surface area contributed by atoms with Gasteiger partial charge in [0.1, 0.15) is 11.4 Å². The van der Waals surface area contributed by atoms with Gasteiger partial charge in [-0.1, -0.05) is 12.1 Å². The molecule has 2 aromatic rings. The minimum Gasteiger partial charge on any atom is -0.462 e. The standard InChI is InChI=1S/C17H21N3O2/c1-2-22-17(21)14-11-15(19-16(14)18)12-5-7-13(8-6-12)20-9-3-4-10-20/h5-8,11,19H,2-4,9-10,18H2,1H3. The van der Waals surface area contributed by atoms with Gasteiger partial charge in [-0.2, -0.15) is 0 Å². The number of nitrogens with one attached hydrogen (secondary N) is 1. The summed E-state index contributed by atoms with van der Waals surface area (Å²) < 4.78 is 5.00. The number of carbonyl (C=O) groups excluding carboxylic acids is 1. The average molecular weight is 299 g/mol. The second-order valence-corrected chi connectivity index (χ2v) is 5.47. The molecule has 1 aliphatic rings. The number of aromatic amines is 1. The molecule has 5 heteroatoms. The van der Waals surface area contributed by atoms with E-state index in [1.54, 1.807) is 13.0 Å². The summed E-state index contributed by atoms with van der Waals surface area (Å²) in [7, 11) is 0. The zero-order valence-electron chi connectivity index (χ0n) is 12.8. The zero-order valence-corrected chi connectivity index (χ0v) is 12.8. The number of aromatic nitrogens is 1. The monoisotopic (exact) mass is 299 g/mol. The number of benzene rings is 1. The highest BCUT2D eigenvalue weighted by Gasteiger charge is 2.16. The molecule has 1 saturated heterocycles. The van der Waals surface area contributed by atoms with Crippen LogP contribution in [0.25, 0.3) is 11.3 Å². The van der Waals surface area contributed by atoms with E-state index in [2.05, 4.69) is 22.0 Å². The van der Waals surface area contributed by atoms with E-state index in [9.17, 15) is 4.79 Å². The summed E-state index contributed by atoms with van der Waals surface area (Å²) in [4.78, 5) is 17.2. The second-order valence-electron chi connectivity index (χ2n) is 5.47. The highest BCUT2D eigenvalue weighted by atomic mass is 16.5. The number of rotatable bonds is 4. The van der Waals surface area contributed by atoms with Crippen LogP contribution in [-0.2, 0) is 4.74 Å². The summed E-state index contributed by atoms with van der Waals surface area (Å²) >= 11 is 0. The molecule has 3 N–H and O–H groups in total. The van der Waals surface area contributed by atoms with Crippen molar-refractivity contribution in [1.82, 2.24) is 4.98 Å². The van der Waals surface area contributed by atoms with Crippen molar-refractivity contribution in [1.29, 1.82) is 0 Å². The Labute approximate surface area is 130 Å². The fourth-order valence-electron chi connectivity index (χ4n) is 2.83.